The van der Waals surface area contributed by atoms with Crippen molar-refractivity contribution in [3.8, 4) is 5.88 Å². The predicted octanol–water partition coefficient (Wildman–Crippen LogP) is 6.12. The van der Waals surface area contributed by atoms with Crippen molar-refractivity contribution >= 4 is 45.9 Å². The molecule has 6 rings (SSSR count). The van der Waals surface area contributed by atoms with Crippen LogP contribution >= 0.6 is 0 Å². The number of piperazine rings is 1. The zero-order valence-corrected chi connectivity index (χ0v) is 26.8. The van der Waals surface area contributed by atoms with Crippen LogP contribution in [0.25, 0.3) is 10.9 Å². The standard InChI is InChI=1S/C36H39N7O3/c1-23-20-32(43(40-23)36(2,3)4)35(46)38-27-9-6-24(7-10-27)33(44)25-8-15-31-29(21-25)30(34(45)39-31)22-37-26-11-13-28(14-12-26)42-18-16-41(5)17-19-42/h6-15,20-22,39,45H,16-19H2,1-5H3,(H,38,46). The first-order valence-corrected chi connectivity index (χ1v) is 15.4. The second-order valence-corrected chi connectivity index (χ2v) is 12.8. The molecule has 3 N–H and O–H groups in total. The molecule has 0 aliphatic carbocycles. The zero-order chi connectivity index (χ0) is 32.6. The third kappa shape index (κ3) is 6.43. The normalized spacial score (nSPS) is 14.3. The Morgan fingerprint density at radius 1 is 0.935 bits per heavy atom. The van der Waals surface area contributed by atoms with Gasteiger partial charge in [0.15, 0.2) is 11.7 Å². The predicted molar refractivity (Wildman–Crippen MR) is 183 cm³/mol. The summed E-state index contributed by atoms with van der Waals surface area (Å²) in [6.07, 6.45) is 1.62. The van der Waals surface area contributed by atoms with E-state index in [1.54, 1.807) is 59.4 Å². The number of amides is 1. The average Bonchev–Trinajstić information content (AvgIpc) is 3.59. The Morgan fingerprint density at radius 3 is 2.28 bits per heavy atom. The van der Waals surface area contributed by atoms with Crippen molar-refractivity contribution in [3.05, 3.63) is 101 Å². The van der Waals surface area contributed by atoms with Crippen molar-refractivity contribution < 1.29 is 14.7 Å². The second-order valence-electron chi connectivity index (χ2n) is 12.8. The highest BCUT2D eigenvalue weighted by Crippen LogP contribution is 2.29. The van der Waals surface area contributed by atoms with E-state index in [1.165, 1.54) is 5.69 Å². The minimum absolute atomic E-state index is 0.0134. The molecule has 0 unspecified atom stereocenters. The van der Waals surface area contributed by atoms with Gasteiger partial charge in [-0.3, -0.25) is 19.3 Å². The summed E-state index contributed by atoms with van der Waals surface area (Å²) in [5.41, 5.74) is 5.54. The fourth-order valence-corrected chi connectivity index (χ4v) is 5.66. The van der Waals surface area contributed by atoms with Gasteiger partial charge in [-0.25, -0.2) is 0 Å². The Labute approximate surface area is 268 Å². The van der Waals surface area contributed by atoms with Crippen LogP contribution in [0.4, 0.5) is 17.1 Å². The number of carbonyl (C=O) groups is 2. The zero-order valence-electron chi connectivity index (χ0n) is 26.8. The Hall–Kier alpha value is -5.22. The van der Waals surface area contributed by atoms with Crippen LogP contribution in [-0.4, -0.2) is 75.9 Å². The number of anilines is 2. The maximum Gasteiger partial charge on any atom is 0.273 e. The van der Waals surface area contributed by atoms with E-state index in [1.807, 2.05) is 39.8 Å². The summed E-state index contributed by atoms with van der Waals surface area (Å²) in [5.74, 6) is -0.461. The first-order valence-electron chi connectivity index (χ1n) is 15.4. The van der Waals surface area contributed by atoms with E-state index in [0.717, 1.165) is 37.6 Å². The Balaban J connectivity index is 1.17. The smallest absolute Gasteiger partial charge is 0.273 e. The van der Waals surface area contributed by atoms with Gasteiger partial charge in [0.05, 0.1) is 22.5 Å². The highest BCUT2D eigenvalue weighted by molar-refractivity contribution is 6.13. The number of rotatable bonds is 7. The molecule has 0 bridgehead atoms. The molecule has 1 fully saturated rings. The number of aromatic hydroxyl groups is 1. The number of aromatic nitrogens is 3. The van der Waals surface area contributed by atoms with Crippen LogP contribution in [0.2, 0.25) is 0 Å². The molecule has 10 heteroatoms. The van der Waals surface area contributed by atoms with Gasteiger partial charge in [0, 0.05) is 65.8 Å². The van der Waals surface area contributed by atoms with Crippen molar-refractivity contribution in [1.82, 2.24) is 19.7 Å². The van der Waals surface area contributed by atoms with Crippen molar-refractivity contribution in [2.75, 3.05) is 43.4 Å². The molecule has 3 aromatic carbocycles. The molecule has 0 spiro atoms. The van der Waals surface area contributed by atoms with E-state index in [-0.39, 0.29) is 23.1 Å². The number of aromatic amines is 1. The van der Waals surface area contributed by atoms with Gasteiger partial charge in [0.1, 0.15) is 5.69 Å². The largest absolute Gasteiger partial charge is 0.494 e. The average molecular weight is 618 g/mol. The number of likely N-dealkylation sites (N-methyl/N-ethyl adjacent to an activating group) is 1. The number of hydrogen-bond donors (Lipinski definition) is 3. The number of nitrogens with one attached hydrogen (secondary N) is 2. The molecular weight excluding hydrogens is 578 g/mol. The third-order valence-electron chi connectivity index (χ3n) is 8.25. The van der Waals surface area contributed by atoms with Crippen molar-refractivity contribution in [3.63, 3.8) is 0 Å². The molecule has 5 aromatic rings. The van der Waals surface area contributed by atoms with E-state index in [9.17, 15) is 14.7 Å². The summed E-state index contributed by atoms with van der Waals surface area (Å²) in [6.45, 7) is 11.9. The molecule has 46 heavy (non-hydrogen) atoms. The molecule has 236 valence electrons. The van der Waals surface area contributed by atoms with Crippen LogP contribution in [-0.2, 0) is 5.54 Å². The first-order chi connectivity index (χ1) is 22.0. The summed E-state index contributed by atoms with van der Waals surface area (Å²) in [7, 11) is 2.14. The van der Waals surface area contributed by atoms with Gasteiger partial charge in [-0.15, -0.1) is 0 Å². The van der Waals surface area contributed by atoms with E-state index < -0.39 is 0 Å². The highest BCUT2D eigenvalue weighted by Gasteiger charge is 2.23. The number of aliphatic imine (C=N–C) groups is 1. The van der Waals surface area contributed by atoms with Gasteiger partial charge < -0.3 is 25.2 Å². The Morgan fingerprint density at radius 2 is 1.61 bits per heavy atom. The van der Waals surface area contributed by atoms with Gasteiger partial charge >= 0.3 is 0 Å². The lowest BCUT2D eigenvalue weighted by Gasteiger charge is -2.34. The molecule has 10 nitrogen and oxygen atoms in total. The number of carbonyl (C=O) groups excluding carboxylic acids is 2. The van der Waals surface area contributed by atoms with Crippen molar-refractivity contribution in [2.24, 2.45) is 4.99 Å². The van der Waals surface area contributed by atoms with Gasteiger partial charge in [-0.2, -0.15) is 5.10 Å². The molecule has 3 heterocycles. The SMILES string of the molecule is Cc1cc(C(=O)Nc2ccc(C(=O)c3ccc4[nH]c(O)c(C=Nc5ccc(N6CCN(C)CC6)cc5)c4c3)cc2)n(C(C)(C)C)n1. The second kappa shape index (κ2) is 12.3. The van der Waals surface area contributed by atoms with Gasteiger partial charge in [-0.1, -0.05) is 0 Å². The molecule has 1 amide bonds. The fraction of sp³-hybridized carbons (Fsp3) is 0.278. The third-order valence-corrected chi connectivity index (χ3v) is 8.25. The van der Waals surface area contributed by atoms with Crippen LogP contribution in [0.3, 0.4) is 0 Å². The number of ketones is 1. The number of H-pyrrole nitrogens is 1. The fourth-order valence-electron chi connectivity index (χ4n) is 5.66. The maximum absolute atomic E-state index is 13.5. The van der Waals surface area contributed by atoms with Crippen LogP contribution in [0.15, 0.2) is 77.8 Å². The van der Waals surface area contributed by atoms with E-state index in [2.05, 4.69) is 49.4 Å². The van der Waals surface area contributed by atoms with E-state index >= 15 is 0 Å². The minimum atomic E-state index is -0.351. The van der Waals surface area contributed by atoms with Crippen molar-refractivity contribution in [2.45, 2.75) is 33.2 Å². The molecule has 1 aliphatic rings. The molecule has 1 saturated heterocycles. The lowest BCUT2D eigenvalue weighted by Crippen LogP contribution is -2.44. The monoisotopic (exact) mass is 617 g/mol. The molecule has 0 radical (unpaired) electrons. The number of fused-ring (bicyclic) bond motifs is 1. The quantitative estimate of drug-likeness (QED) is 0.150. The molecular formula is C36H39N7O3. The first kappa shape index (κ1) is 30.8. The highest BCUT2D eigenvalue weighted by atomic mass is 16.3. The Kier molecular flexibility index (Phi) is 8.22. The van der Waals surface area contributed by atoms with Crippen molar-refractivity contribution in [1.29, 1.82) is 0 Å². The molecule has 0 atom stereocenters. The van der Waals surface area contributed by atoms with Gasteiger partial charge in [0.25, 0.3) is 5.91 Å². The van der Waals surface area contributed by atoms with E-state index in [0.29, 0.717) is 39.0 Å². The van der Waals surface area contributed by atoms with Gasteiger partial charge in [-0.05, 0) is 108 Å². The number of aryl methyl sites for hydroxylation is 1. The molecule has 0 saturated carbocycles. The summed E-state index contributed by atoms with van der Waals surface area (Å²) < 4.78 is 1.72. The van der Waals surface area contributed by atoms with Crippen LogP contribution < -0.4 is 10.2 Å². The number of nitrogens with zero attached hydrogens (tertiary/aromatic N) is 5. The molecule has 1 aliphatic heterocycles. The lowest BCUT2D eigenvalue weighted by molar-refractivity contribution is 0.100. The lowest BCUT2D eigenvalue weighted by atomic mass is 10.0. The van der Waals surface area contributed by atoms with E-state index in [4.69, 9.17) is 0 Å². The topological polar surface area (TPSA) is 119 Å². The summed E-state index contributed by atoms with van der Waals surface area (Å²) in [5, 5.41) is 18.7. The Bertz CT molecular complexity index is 1920. The molecule has 2 aromatic heterocycles. The summed E-state index contributed by atoms with van der Waals surface area (Å²) >= 11 is 0. The van der Waals surface area contributed by atoms with Crippen LogP contribution in [0.1, 0.15) is 58.4 Å². The number of hydrogen-bond acceptors (Lipinski definition) is 7. The summed E-state index contributed by atoms with van der Waals surface area (Å²) in [6, 6.07) is 21.9. The van der Waals surface area contributed by atoms with Gasteiger partial charge in [0.2, 0.25) is 0 Å². The summed E-state index contributed by atoms with van der Waals surface area (Å²) in [4.78, 5) is 38.8. The number of benzene rings is 3. The van der Waals surface area contributed by atoms with Crippen LogP contribution in [0.5, 0.6) is 5.88 Å². The minimum Gasteiger partial charge on any atom is -0.494 e. The van der Waals surface area contributed by atoms with Crippen LogP contribution in [0, 0.1) is 6.92 Å². The maximum atomic E-state index is 13.5.